The molecule has 0 N–H and O–H groups in total. The molecule has 1 unspecified atom stereocenters. The maximum Gasteiger partial charge on any atom is 0.228 e. The van der Waals surface area contributed by atoms with E-state index in [1.54, 1.807) is 17.3 Å². The van der Waals surface area contributed by atoms with Gasteiger partial charge in [-0.25, -0.2) is 0 Å². The molecule has 25 heavy (non-hydrogen) atoms. The van der Waals surface area contributed by atoms with Gasteiger partial charge in [0.25, 0.3) is 0 Å². The predicted molar refractivity (Wildman–Crippen MR) is 91.3 cm³/mol. The number of hydrogen-bond acceptors (Lipinski definition) is 4. The van der Waals surface area contributed by atoms with Gasteiger partial charge in [-0.15, -0.1) is 0 Å². The van der Waals surface area contributed by atoms with Gasteiger partial charge in [-0.3, -0.25) is 19.6 Å². The molecule has 0 saturated carbocycles. The van der Waals surface area contributed by atoms with Crippen LogP contribution in [0, 0.1) is 5.92 Å². The summed E-state index contributed by atoms with van der Waals surface area (Å²) in [4.78, 5) is 37.1. The SMILES string of the molecule is O=C1CC(C(=O)N2CC(c3ccccn3)C2)CN1Cc1ccccn1. The number of carbonyl (C=O) groups is 2. The second-order valence-electron chi connectivity index (χ2n) is 6.69. The second kappa shape index (κ2) is 6.63. The third-order valence-corrected chi connectivity index (χ3v) is 4.94. The van der Waals surface area contributed by atoms with E-state index < -0.39 is 0 Å². The Morgan fingerprint density at radius 1 is 1.04 bits per heavy atom. The molecule has 2 aliphatic heterocycles. The molecule has 2 saturated heterocycles. The zero-order chi connectivity index (χ0) is 17.2. The number of pyridine rings is 2. The summed E-state index contributed by atoms with van der Waals surface area (Å²) in [6.45, 7) is 2.35. The van der Waals surface area contributed by atoms with Crippen molar-refractivity contribution >= 4 is 11.8 Å². The number of aromatic nitrogens is 2. The van der Waals surface area contributed by atoms with Crippen LogP contribution >= 0.6 is 0 Å². The number of amides is 2. The summed E-state index contributed by atoms with van der Waals surface area (Å²) in [7, 11) is 0. The highest BCUT2D eigenvalue weighted by Gasteiger charge is 2.41. The van der Waals surface area contributed by atoms with E-state index in [2.05, 4.69) is 9.97 Å². The fraction of sp³-hybridized carbons (Fsp3) is 0.368. The molecule has 0 radical (unpaired) electrons. The molecule has 2 aromatic rings. The molecule has 2 aliphatic rings. The zero-order valence-electron chi connectivity index (χ0n) is 13.9. The minimum absolute atomic E-state index is 0.0332. The first-order chi connectivity index (χ1) is 12.2. The van der Waals surface area contributed by atoms with Crippen molar-refractivity contribution in [2.75, 3.05) is 19.6 Å². The smallest absolute Gasteiger partial charge is 0.228 e. The maximum absolute atomic E-state index is 12.7. The Hall–Kier alpha value is -2.76. The molecule has 128 valence electrons. The van der Waals surface area contributed by atoms with E-state index in [-0.39, 0.29) is 17.7 Å². The summed E-state index contributed by atoms with van der Waals surface area (Å²) in [6.07, 6.45) is 3.80. The minimum Gasteiger partial charge on any atom is -0.341 e. The molecule has 0 bridgehead atoms. The minimum atomic E-state index is -0.235. The highest BCUT2D eigenvalue weighted by Crippen LogP contribution is 2.29. The van der Waals surface area contributed by atoms with Crippen molar-refractivity contribution in [3.05, 3.63) is 60.2 Å². The molecule has 2 amide bonds. The van der Waals surface area contributed by atoms with Crippen LogP contribution in [0.1, 0.15) is 23.7 Å². The van der Waals surface area contributed by atoms with Crippen molar-refractivity contribution in [3.8, 4) is 0 Å². The third kappa shape index (κ3) is 3.24. The highest BCUT2D eigenvalue weighted by atomic mass is 16.2. The number of nitrogens with zero attached hydrogens (tertiary/aromatic N) is 4. The van der Waals surface area contributed by atoms with E-state index in [1.165, 1.54) is 0 Å². The Morgan fingerprint density at radius 2 is 1.80 bits per heavy atom. The van der Waals surface area contributed by atoms with Crippen LogP contribution in [0.15, 0.2) is 48.8 Å². The first kappa shape index (κ1) is 15.7. The van der Waals surface area contributed by atoms with Crippen molar-refractivity contribution in [2.45, 2.75) is 18.9 Å². The lowest BCUT2D eigenvalue weighted by Gasteiger charge is -2.40. The molecule has 6 nitrogen and oxygen atoms in total. The van der Waals surface area contributed by atoms with E-state index in [0.717, 1.165) is 11.4 Å². The molecule has 0 spiro atoms. The lowest BCUT2D eigenvalue weighted by molar-refractivity contribution is -0.140. The van der Waals surface area contributed by atoms with Crippen molar-refractivity contribution in [1.82, 2.24) is 19.8 Å². The van der Waals surface area contributed by atoms with Crippen molar-refractivity contribution in [2.24, 2.45) is 5.92 Å². The van der Waals surface area contributed by atoms with Crippen molar-refractivity contribution < 1.29 is 9.59 Å². The van der Waals surface area contributed by atoms with E-state index in [0.29, 0.717) is 38.5 Å². The van der Waals surface area contributed by atoms with Crippen LogP contribution in [-0.4, -0.2) is 51.2 Å². The topological polar surface area (TPSA) is 66.4 Å². The monoisotopic (exact) mass is 336 g/mol. The summed E-state index contributed by atoms with van der Waals surface area (Å²) in [5.74, 6) is 0.197. The molecular formula is C19H20N4O2. The largest absolute Gasteiger partial charge is 0.341 e. The zero-order valence-corrected chi connectivity index (χ0v) is 13.9. The maximum atomic E-state index is 12.7. The van der Waals surface area contributed by atoms with Gasteiger partial charge >= 0.3 is 0 Å². The predicted octanol–water partition coefficient (Wildman–Crippen LogP) is 1.45. The van der Waals surface area contributed by atoms with Gasteiger partial charge in [0.2, 0.25) is 11.8 Å². The van der Waals surface area contributed by atoms with Crippen LogP contribution < -0.4 is 0 Å². The van der Waals surface area contributed by atoms with Gasteiger partial charge in [-0.2, -0.15) is 0 Å². The standard InChI is InChI=1S/C19H20N4O2/c24-18-9-14(10-22(18)13-16-5-1-3-7-20-16)19(25)23-11-15(12-23)17-6-2-4-8-21-17/h1-8,14-15H,9-13H2. The summed E-state index contributed by atoms with van der Waals surface area (Å²) >= 11 is 0. The van der Waals surface area contributed by atoms with Gasteiger partial charge in [0.1, 0.15) is 0 Å². The van der Waals surface area contributed by atoms with E-state index in [9.17, 15) is 9.59 Å². The van der Waals surface area contributed by atoms with Crippen LogP contribution in [0.2, 0.25) is 0 Å². The Labute approximate surface area is 146 Å². The molecule has 2 aromatic heterocycles. The first-order valence-electron chi connectivity index (χ1n) is 8.58. The van der Waals surface area contributed by atoms with E-state index in [4.69, 9.17) is 0 Å². The van der Waals surface area contributed by atoms with Crippen LogP contribution in [0.25, 0.3) is 0 Å². The first-order valence-corrected chi connectivity index (χ1v) is 8.58. The lowest BCUT2D eigenvalue weighted by atomic mass is 9.93. The van der Waals surface area contributed by atoms with Crippen molar-refractivity contribution in [3.63, 3.8) is 0 Å². The molecule has 4 heterocycles. The van der Waals surface area contributed by atoms with Gasteiger partial charge in [0.05, 0.1) is 18.2 Å². The molecule has 0 aliphatic carbocycles. The number of rotatable bonds is 4. The van der Waals surface area contributed by atoms with Crippen LogP contribution in [0.5, 0.6) is 0 Å². The van der Waals surface area contributed by atoms with Crippen LogP contribution in [0.4, 0.5) is 0 Å². The fourth-order valence-corrected chi connectivity index (χ4v) is 3.50. The van der Waals surface area contributed by atoms with Gasteiger partial charge in [-0.1, -0.05) is 12.1 Å². The van der Waals surface area contributed by atoms with E-state index >= 15 is 0 Å². The quantitative estimate of drug-likeness (QED) is 0.848. The summed E-state index contributed by atoms with van der Waals surface area (Å²) < 4.78 is 0. The molecule has 6 heteroatoms. The second-order valence-corrected chi connectivity index (χ2v) is 6.69. The lowest BCUT2D eigenvalue weighted by Crippen LogP contribution is -2.51. The Morgan fingerprint density at radius 3 is 2.48 bits per heavy atom. The normalized spacial score (nSPS) is 20.6. The van der Waals surface area contributed by atoms with Gasteiger partial charge < -0.3 is 9.80 Å². The summed E-state index contributed by atoms with van der Waals surface area (Å²) in [5, 5.41) is 0. The number of hydrogen-bond donors (Lipinski definition) is 0. The van der Waals surface area contributed by atoms with E-state index in [1.807, 2.05) is 41.3 Å². The Bertz CT molecular complexity index is 760. The number of likely N-dealkylation sites (tertiary alicyclic amines) is 2. The van der Waals surface area contributed by atoms with Crippen LogP contribution in [0.3, 0.4) is 0 Å². The third-order valence-electron chi connectivity index (χ3n) is 4.94. The van der Waals surface area contributed by atoms with Gasteiger partial charge in [0, 0.05) is 50.1 Å². The average Bonchev–Trinajstić information content (AvgIpc) is 2.96. The van der Waals surface area contributed by atoms with Crippen molar-refractivity contribution in [1.29, 1.82) is 0 Å². The number of carbonyl (C=O) groups excluding carboxylic acids is 2. The Kier molecular flexibility index (Phi) is 4.17. The molecular weight excluding hydrogens is 316 g/mol. The fourth-order valence-electron chi connectivity index (χ4n) is 3.50. The highest BCUT2D eigenvalue weighted by molar-refractivity contribution is 5.89. The molecule has 0 aromatic carbocycles. The Balaban J connectivity index is 1.33. The van der Waals surface area contributed by atoms with Gasteiger partial charge in [-0.05, 0) is 24.3 Å². The van der Waals surface area contributed by atoms with Gasteiger partial charge in [0.15, 0.2) is 0 Å². The van der Waals surface area contributed by atoms with Crippen LogP contribution in [-0.2, 0) is 16.1 Å². The summed E-state index contributed by atoms with van der Waals surface area (Å²) in [6, 6.07) is 11.5. The molecule has 2 fully saturated rings. The summed E-state index contributed by atoms with van der Waals surface area (Å²) in [5.41, 5.74) is 1.88. The average molecular weight is 336 g/mol. The molecule has 4 rings (SSSR count). The molecule has 1 atom stereocenters.